The fraction of sp³-hybridized carbons (Fsp3) is 0. The number of halogens is 1. The highest BCUT2D eigenvalue weighted by Crippen LogP contribution is 2.31. The molecule has 0 fully saturated rings. The number of thiophene rings is 1. The van der Waals surface area contributed by atoms with Gasteiger partial charge in [0.25, 0.3) is 0 Å². The van der Waals surface area contributed by atoms with E-state index in [-0.39, 0.29) is 0 Å². The topological polar surface area (TPSA) is 37.3 Å². The first kappa shape index (κ1) is 10.4. The van der Waals surface area contributed by atoms with E-state index in [2.05, 4.69) is 15.9 Å². The molecule has 0 aliphatic carbocycles. The molecule has 1 N–H and O–H groups in total. The molecule has 15 heavy (non-hydrogen) atoms. The van der Waals surface area contributed by atoms with Crippen LogP contribution in [0.15, 0.2) is 39.5 Å². The van der Waals surface area contributed by atoms with E-state index in [0.717, 1.165) is 15.6 Å². The first-order valence-electron chi connectivity index (χ1n) is 4.24. The second-order valence-corrected chi connectivity index (χ2v) is 4.62. The second-order valence-electron chi connectivity index (χ2n) is 3.02. The lowest BCUT2D eigenvalue weighted by molar-refractivity contribution is 0.0697. The zero-order chi connectivity index (χ0) is 10.8. The van der Waals surface area contributed by atoms with Crippen molar-refractivity contribution in [3.05, 3.63) is 45.1 Å². The van der Waals surface area contributed by atoms with Crippen molar-refractivity contribution in [1.82, 2.24) is 0 Å². The van der Waals surface area contributed by atoms with Crippen molar-refractivity contribution in [3.8, 4) is 11.1 Å². The lowest BCUT2D eigenvalue weighted by Crippen LogP contribution is -1.95. The summed E-state index contributed by atoms with van der Waals surface area (Å²) in [6.45, 7) is 0. The molecule has 2 aromatic rings. The van der Waals surface area contributed by atoms with Crippen LogP contribution in [-0.2, 0) is 0 Å². The lowest BCUT2D eigenvalue weighted by atomic mass is 10.1. The summed E-state index contributed by atoms with van der Waals surface area (Å²) < 4.78 is 0.995. The van der Waals surface area contributed by atoms with Gasteiger partial charge in [-0.2, -0.15) is 11.3 Å². The van der Waals surface area contributed by atoms with Crippen LogP contribution in [0.2, 0.25) is 0 Å². The van der Waals surface area contributed by atoms with Crippen molar-refractivity contribution in [1.29, 1.82) is 0 Å². The third-order valence-electron chi connectivity index (χ3n) is 2.04. The van der Waals surface area contributed by atoms with Gasteiger partial charge in [0.1, 0.15) is 0 Å². The Morgan fingerprint density at radius 2 is 2.13 bits per heavy atom. The molecule has 0 amide bonds. The minimum absolute atomic E-state index is 0.311. The number of hydrogen-bond donors (Lipinski definition) is 1. The molecule has 4 heteroatoms. The third kappa shape index (κ3) is 2.11. The van der Waals surface area contributed by atoms with Crippen molar-refractivity contribution in [2.75, 3.05) is 0 Å². The Labute approximate surface area is 99.3 Å². The number of benzene rings is 1. The fourth-order valence-corrected chi connectivity index (χ4v) is 2.84. The first-order chi connectivity index (χ1) is 7.18. The Kier molecular flexibility index (Phi) is 2.88. The third-order valence-corrected chi connectivity index (χ3v) is 3.74. The van der Waals surface area contributed by atoms with Gasteiger partial charge in [-0.3, -0.25) is 0 Å². The maximum absolute atomic E-state index is 10.8. The monoisotopic (exact) mass is 282 g/mol. The smallest absolute Gasteiger partial charge is 0.335 e. The molecule has 0 saturated carbocycles. The van der Waals surface area contributed by atoms with Crippen molar-refractivity contribution >= 4 is 33.2 Å². The average Bonchev–Trinajstić information content (AvgIpc) is 2.64. The summed E-state index contributed by atoms with van der Waals surface area (Å²) in [7, 11) is 0. The summed E-state index contributed by atoms with van der Waals surface area (Å²) in [5.74, 6) is -0.900. The summed E-state index contributed by atoms with van der Waals surface area (Å²) in [5.41, 5.74) is 2.26. The minimum atomic E-state index is -0.900. The van der Waals surface area contributed by atoms with Gasteiger partial charge in [-0.15, -0.1) is 0 Å². The number of rotatable bonds is 2. The van der Waals surface area contributed by atoms with E-state index < -0.39 is 5.97 Å². The number of carboxylic acid groups (broad SMARTS) is 1. The molecule has 1 aromatic carbocycles. The molecule has 0 spiro atoms. The molecule has 0 radical (unpaired) electrons. The van der Waals surface area contributed by atoms with Gasteiger partial charge in [-0.1, -0.05) is 12.1 Å². The zero-order valence-corrected chi connectivity index (χ0v) is 10.0. The van der Waals surface area contributed by atoms with Crippen LogP contribution < -0.4 is 0 Å². The SMILES string of the molecule is O=C(O)c1cccc(-c2cscc2Br)c1. The number of carbonyl (C=O) groups is 1. The molecule has 1 aromatic heterocycles. The second kappa shape index (κ2) is 4.16. The van der Waals surface area contributed by atoms with Crippen molar-refractivity contribution in [2.45, 2.75) is 0 Å². The van der Waals surface area contributed by atoms with Gasteiger partial charge >= 0.3 is 5.97 Å². The van der Waals surface area contributed by atoms with Crippen LogP contribution in [0.5, 0.6) is 0 Å². The highest BCUT2D eigenvalue weighted by atomic mass is 79.9. The Balaban J connectivity index is 2.50. The average molecular weight is 283 g/mol. The van der Waals surface area contributed by atoms with Crippen LogP contribution in [0.4, 0.5) is 0 Å². The standard InChI is InChI=1S/C11H7BrO2S/c12-10-6-15-5-9(10)7-2-1-3-8(4-7)11(13)14/h1-6H,(H,13,14). The summed E-state index contributed by atoms with van der Waals surface area (Å²) >= 11 is 5.01. The normalized spacial score (nSPS) is 10.2. The van der Waals surface area contributed by atoms with Gasteiger partial charge < -0.3 is 5.11 Å². The molecule has 0 bridgehead atoms. The van der Waals surface area contributed by atoms with Crippen molar-refractivity contribution < 1.29 is 9.90 Å². The van der Waals surface area contributed by atoms with E-state index in [0.29, 0.717) is 5.56 Å². The predicted octanol–water partition coefficient (Wildman–Crippen LogP) is 3.88. The van der Waals surface area contributed by atoms with Crippen molar-refractivity contribution in [2.24, 2.45) is 0 Å². The van der Waals surface area contributed by atoms with E-state index in [1.54, 1.807) is 29.5 Å². The maximum Gasteiger partial charge on any atom is 0.335 e. The molecule has 0 aliphatic heterocycles. The molecule has 76 valence electrons. The Hall–Kier alpha value is -1.13. The maximum atomic E-state index is 10.8. The van der Waals surface area contributed by atoms with Crippen LogP contribution in [0.25, 0.3) is 11.1 Å². The van der Waals surface area contributed by atoms with Gasteiger partial charge in [-0.25, -0.2) is 4.79 Å². The fourth-order valence-electron chi connectivity index (χ4n) is 1.31. The molecule has 2 rings (SSSR count). The Morgan fingerprint density at radius 3 is 2.73 bits per heavy atom. The van der Waals surface area contributed by atoms with Gasteiger partial charge in [0.15, 0.2) is 0 Å². The summed E-state index contributed by atoms with van der Waals surface area (Å²) in [5, 5.41) is 12.8. The molecule has 0 atom stereocenters. The number of hydrogen-bond acceptors (Lipinski definition) is 2. The van der Waals surface area contributed by atoms with Crippen LogP contribution in [-0.4, -0.2) is 11.1 Å². The summed E-state index contributed by atoms with van der Waals surface area (Å²) in [4.78, 5) is 10.8. The largest absolute Gasteiger partial charge is 0.478 e. The van der Waals surface area contributed by atoms with Gasteiger partial charge in [-0.05, 0) is 39.0 Å². The Bertz CT molecular complexity index is 505. The molecule has 2 nitrogen and oxygen atoms in total. The number of carboxylic acids is 1. The first-order valence-corrected chi connectivity index (χ1v) is 5.97. The summed E-state index contributed by atoms with van der Waals surface area (Å²) in [6.07, 6.45) is 0. The predicted molar refractivity (Wildman–Crippen MR) is 64.4 cm³/mol. The quantitative estimate of drug-likeness (QED) is 0.908. The molecule has 0 saturated heterocycles. The van der Waals surface area contributed by atoms with Gasteiger partial charge in [0, 0.05) is 15.4 Å². The van der Waals surface area contributed by atoms with E-state index in [9.17, 15) is 4.79 Å². The van der Waals surface area contributed by atoms with Gasteiger partial charge in [0.05, 0.1) is 5.56 Å². The molecule has 1 heterocycles. The highest BCUT2D eigenvalue weighted by molar-refractivity contribution is 9.10. The van der Waals surface area contributed by atoms with E-state index >= 15 is 0 Å². The van der Waals surface area contributed by atoms with Crippen LogP contribution in [0, 0.1) is 0 Å². The highest BCUT2D eigenvalue weighted by Gasteiger charge is 2.07. The van der Waals surface area contributed by atoms with Crippen LogP contribution >= 0.6 is 27.3 Å². The lowest BCUT2D eigenvalue weighted by Gasteiger charge is -2.00. The van der Waals surface area contributed by atoms with E-state index in [4.69, 9.17) is 5.11 Å². The molecule has 0 unspecified atom stereocenters. The van der Waals surface area contributed by atoms with Crippen molar-refractivity contribution in [3.63, 3.8) is 0 Å². The number of aromatic carboxylic acids is 1. The van der Waals surface area contributed by atoms with E-state index in [1.165, 1.54) is 0 Å². The molecule has 0 aliphatic rings. The summed E-state index contributed by atoms with van der Waals surface area (Å²) in [6, 6.07) is 6.92. The van der Waals surface area contributed by atoms with Crippen LogP contribution in [0.1, 0.15) is 10.4 Å². The van der Waals surface area contributed by atoms with E-state index in [1.807, 2.05) is 16.8 Å². The molecular formula is C11H7BrO2S. The van der Waals surface area contributed by atoms with Crippen LogP contribution in [0.3, 0.4) is 0 Å². The minimum Gasteiger partial charge on any atom is -0.478 e. The Morgan fingerprint density at radius 1 is 1.33 bits per heavy atom. The zero-order valence-electron chi connectivity index (χ0n) is 7.61. The van der Waals surface area contributed by atoms with Gasteiger partial charge in [0.2, 0.25) is 0 Å². The molecular weight excluding hydrogens is 276 g/mol.